The van der Waals surface area contributed by atoms with Gasteiger partial charge >= 0.3 is 0 Å². The maximum absolute atomic E-state index is 12.7. The van der Waals surface area contributed by atoms with Crippen LogP contribution in [0.15, 0.2) is 40.8 Å². The third-order valence-electron chi connectivity index (χ3n) is 4.08. The minimum absolute atomic E-state index is 0.0373. The maximum atomic E-state index is 12.7. The molecule has 1 unspecified atom stereocenters. The molecule has 1 aromatic carbocycles. The highest BCUT2D eigenvalue weighted by atomic mass is 16.5. The molecule has 22 heavy (non-hydrogen) atoms. The second kappa shape index (κ2) is 6.26. The molecule has 0 radical (unpaired) electrons. The molecule has 116 valence electrons. The normalized spacial score (nSPS) is 17.3. The molecule has 0 spiro atoms. The van der Waals surface area contributed by atoms with E-state index in [0.29, 0.717) is 13.2 Å². The summed E-state index contributed by atoms with van der Waals surface area (Å²) in [4.78, 5) is 14.4. The smallest absolute Gasteiger partial charge is 0.226 e. The Morgan fingerprint density at radius 3 is 2.86 bits per heavy atom. The van der Waals surface area contributed by atoms with E-state index in [9.17, 15) is 4.79 Å². The van der Waals surface area contributed by atoms with E-state index < -0.39 is 0 Å². The van der Waals surface area contributed by atoms with Gasteiger partial charge in [-0.15, -0.1) is 0 Å². The van der Waals surface area contributed by atoms with Crippen molar-refractivity contribution in [1.82, 2.24) is 4.90 Å². The molecule has 4 heteroatoms. The monoisotopic (exact) mass is 299 g/mol. The molecule has 0 saturated carbocycles. The molecule has 1 aromatic heterocycles. The lowest BCUT2D eigenvalue weighted by molar-refractivity contribution is -0.135. The Labute approximate surface area is 130 Å². The van der Waals surface area contributed by atoms with Gasteiger partial charge in [-0.3, -0.25) is 4.79 Å². The number of para-hydroxylation sites is 1. The standard InChI is InChI=1S/C18H21NO3/c1-13-7-8-16(22-13)12-19(2)18(20)15-9-10-21-17-6-4-3-5-14(17)11-15/h3-8,15H,9-12H2,1-2H3. The van der Waals surface area contributed by atoms with Crippen molar-refractivity contribution in [3.05, 3.63) is 53.5 Å². The van der Waals surface area contributed by atoms with E-state index in [1.807, 2.05) is 50.4 Å². The Hall–Kier alpha value is -2.23. The van der Waals surface area contributed by atoms with Crippen LogP contribution in [0.25, 0.3) is 0 Å². The number of benzene rings is 1. The van der Waals surface area contributed by atoms with Gasteiger partial charge in [-0.1, -0.05) is 18.2 Å². The topological polar surface area (TPSA) is 42.7 Å². The molecule has 3 rings (SSSR count). The number of carbonyl (C=O) groups is 1. The SMILES string of the molecule is Cc1ccc(CN(C)C(=O)C2CCOc3ccccc3C2)o1. The van der Waals surface area contributed by atoms with Crippen molar-refractivity contribution < 1.29 is 13.9 Å². The van der Waals surface area contributed by atoms with Gasteiger partial charge in [0, 0.05) is 13.0 Å². The number of aryl methyl sites for hydroxylation is 1. The number of fused-ring (bicyclic) bond motifs is 1. The number of rotatable bonds is 3. The van der Waals surface area contributed by atoms with Crippen molar-refractivity contribution in [2.75, 3.05) is 13.7 Å². The van der Waals surface area contributed by atoms with Crippen molar-refractivity contribution in [2.24, 2.45) is 5.92 Å². The van der Waals surface area contributed by atoms with Crippen molar-refractivity contribution in [3.63, 3.8) is 0 Å². The first kappa shape index (κ1) is 14.7. The van der Waals surface area contributed by atoms with Crippen LogP contribution in [0, 0.1) is 12.8 Å². The summed E-state index contributed by atoms with van der Waals surface area (Å²) >= 11 is 0. The minimum atomic E-state index is -0.0373. The molecule has 0 saturated heterocycles. The molecule has 4 nitrogen and oxygen atoms in total. The number of furan rings is 1. The molecule has 0 N–H and O–H groups in total. The molecule has 0 aliphatic carbocycles. The zero-order chi connectivity index (χ0) is 15.5. The van der Waals surface area contributed by atoms with Crippen LogP contribution in [0.1, 0.15) is 23.5 Å². The van der Waals surface area contributed by atoms with Crippen LogP contribution in [0.2, 0.25) is 0 Å². The zero-order valence-corrected chi connectivity index (χ0v) is 13.0. The summed E-state index contributed by atoms with van der Waals surface area (Å²) in [5.41, 5.74) is 1.11. The number of nitrogens with zero attached hydrogens (tertiary/aromatic N) is 1. The quantitative estimate of drug-likeness (QED) is 0.874. The second-order valence-corrected chi connectivity index (χ2v) is 5.85. The van der Waals surface area contributed by atoms with Crippen LogP contribution < -0.4 is 4.74 Å². The fraction of sp³-hybridized carbons (Fsp3) is 0.389. The van der Waals surface area contributed by atoms with Crippen LogP contribution in [0.5, 0.6) is 5.75 Å². The average molecular weight is 299 g/mol. The fourth-order valence-corrected chi connectivity index (χ4v) is 2.90. The Kier molecular flexibility index (Phi) is 4.18. The minimum Gasteiger partial charge on any atom is -0.493 e. The molecule has 1 atom stereocenters. The highest BCUT2D eigenvalue weighted by molar-refractivity contribution is 5.79. The van der Waals surface area contributed by atoms with E-state index in [0.717, 1.165) is 35.7 Å². The predicted molar refractivity (Wildman–Crippen MR) is 83.7 cm³/mol. The number of amides is 1. The van der Waals surface area contributed by atoms with Gasteiger partial charge in [0.1, 0.15) is 17.3 Å². The molecule has 1 amide bonds. The van der Waals surface area contributed by atoms with E-state index in [1.165, 1.54) is 0 Å². The molecule has 0 bridgehead atoms. The molecule has 1 aliphatic heterocycles. The lowest BCUT2D eigenvalue weighted by atomic mass is 9.95. The molecule has 1 aliphatic rings. The van der Waals surface area contributed by atoms with E-state index in [4.69, 9.17) is 9.15 Å². The molecular formula is C18H21NO3. The maximum Gasteiger partial charge on any atom is 0.226 e. The molecule has 0 fully saturated rings. The molecular weight excluding hydrogens is 278 g/mol. The van der Waals surface area contributed by atoms with Gasteiger partial charge in [-0.05, 0) is 43.5 Å². The Bertz CT molecular complexity index is 662. The number of ether oxygens (including phenoxy) is 1. The van der Waals surface area contributed by atoms with Crippen molar-refractivity contribution >= 4 is 5.91 Å². The average Bonchev–Trinajstić information content (AvgIpc) is 2.80. The second-order valence-electron chi connectivity index (χ2n) is 5.85. The number of hydrogen-bond acceptors (Lipinski definition) is 3. The van der Waals surface area contributed by atoms with Gasteiger partial charge < -0.3 is 14.1 Å². The summed E-state index contributed by atoms with van der Waals surface area (Å²) in [6.07, 6.45) is 1.48. The third-order valence-corrected chi connectivity index (χ3v) is 4.08. The fourth-order valence-electron chi connectivity index (χ4n) is 2.90. The summed E-state index contributed by atoms with van der Waals surface area (Å²) in [6, 6.07) is 11.8. The van der Waals surface area contributed by atoms with E-state index >= 15 is 0 Å². The van der Waals surface area contributed by atoms with Gasteiger partial charge in [0.25, 0.3) is 0 Å². The first-order valence-electron chi connectivity index (χ1n) is 7.64. The largest absolute Gasteiger partial charge is 0.493 e. The van der Waals surface area contributed by atoms with Gasteiger partial charge in [-0.2, -0.15) is 0 Å². The summed E-state index contributed by atoms with van der Waals surface area (Å²) in [7, 11) is 1.83. The Morgan fingerprint density at radius 2 is 2.09 bits per heavy atom. The van der Waals surface area contributed by atoms with Crippen LogP contribution in [0.3, 0.4) is 0 Å². The zero-order valence-electron chi connectivity index (χ0n) is 13.0. The van der Waals surface area contributed by atoms with E-state index in [2.05, 4.69) is 0 Å². The first-order valence-corrected chi connectivity index (χ1v) is 7.64. The molecule has 2 heterocycles. The van der Waals surface area contributed by atoms with Gasteiger partial charge in [0.2, 0.25) is 5.91 Å². The summed E-state index contributed by atoms with van der Waals surface area (Å²) < 4.78 is 11.3. The highest BCUT2D eigenvalue weighted by Gasteiger charge is 2.26. The predicted octanol–water partition coefficient (Wildman–Crippen LogP) is 3.19. The van der Waals surface area contributed by atoms with Crippen LogP contribution in [-0.2, 0) is 17.8 Å². The van der Waals surface area contributed by atoms with Crippen molar-refractivity contribution in [3.8, 4) is 5.75 Å². The van der Waals surface area contributed by atoms with Crippen LogP contribution in [-0.4, -0.2) is 24.5 Å². The highest BCUT2D eigenvalue weighted by Crippen LogP contribution is 2.27. The molecule has 2 aromatic rings. The number of hydrogen-bond donors (Lipinski definition) is 0. The lowest BCUT2D eigenvalue weighted by Crippen LogP contribution is -2.33. The van der Waals surface area contributed by atoms with Gasteiger partial charge in [-0.25, -0.2) is 0 Å². The lowest BCUT2D eigenvalue weighted by Gasteiger charge is -2.21. The third kappa shape index (κ3) is 3.16. The van der Waals surface area contributed by atoms with Gasteiger partial charge in [0.15, 0.2) is 0 Å². The van der Waals surface area contributed by atoms with Gasteiger partial charge in [0.05, 0.1) is 13.2 Å². The Balaban J connectivity index is 1.69. The summed E-state index contributed by atoms with van der Waals surface area (Å²) in [5, 5.41) is 0. The van der Waals surface area contributed by atoms with Crippen molar-refractivity contribution in [1.29, 1.82) is 0 Å². The number of carbonyl (C=O) groups excluding carboxylic acids is 1. The van der Waals surface area contributed by atoms with E-state index in [1.54, 1.807) is 4.90 Å². The summed E-state index contributed by atoms with van der Waals surface area (Å²) in [5.74, 6) is 2.70. The Morgan fingerprint density at radius 1 is 1.27 bits per heavy atom. The van der Waals surface area contributed by atoms with E-state index in [-0.39, 0.29) is 11.8 Å². The first-order chi connectivity index (χ1) is 10.6. The van der Waals surface area contributed by atoms with Crippen molar-refractivity contribution in [2.45, 2.75) is 26.3 Å². The van der Waals surface area contributed by atoms with Crippen LogP contribution in [0.4, 0.5) is 0 Å². The van der Waals surface area contributed by atoms with Crippen LogP contribution >= 0.6 is 0 Å². The summed E-state index contributed by atoms with van der Waals surface area (Å²) in [6.45, 7) is 3.00.